The first-order chi connectivity index (χ1) is 14.8. The molecule has 2 aromatic rings. The SMILES string of the molecule is CC(=O)N1CCN(c2ccc(C(=O)N3CCN(c4ccc(C)cc4C)CC3)nc2)C1=O. The molecule has 0 N–H and O–H groups in total. The van der Waals surface area contributed by atoms with Crippen LogP contribution in [0.25, 0.3) is 0 Å². The zero-order valence-corrected chi connectivity index (χ0v) is 18.2. The van der Waals surface area contributed by atoms with Crippen LogP contribution in [-0.4, -0.2) is 71.9 Å². The highest BCUT2D eigenvalue weighted by molar-refractivity contribution is 6.04. The van der Waals surface area contributed by atoms with Gasteiger partial charge in [-0.15, -0.1) is 0 Å². The number of benzene rings is 1. The van der Waals surface area contributed by atoms with Gasteiger partial charge in [0.1, 0.15) is 5.69 Å². The van der Waals surface area contributed by atoms with Crippen LogP contribution in [0.1, 0.15) is 28.5 Å². The summed E-state index contributed by atoms with van der Waals surface area (Å²) in [7, 11) is 0. The van der Waals surface area contributed by atoms with Crippen LogP contribution >= 0.6 is 0 Å². The van der Waals surface area contributed by atoms with Gasteiger partial charge in [-0.05, 0) is 37.6 Å². The van der Waals surface area contributed by atoms with Crippen molar-refractivity contribution in [3.05, 3.63) is 53.3 Å². The van der Waals surface area contributed by atoms with E-state index in [1.165, 1.54) is 39.7 Å². The fourth-order valence-electron chi connectivity index (χ4n) is 4.21. The summed E-state index contributed by atoms with van der Waals surface area (Å²) in [6, 6.07) is 9.46. The van der Waals surface area contributed by atoms with Crippen molar-refractivity contribution in [3.63, 3.8) is 0 Å². The monoisotopic (exact) mass is 421 g/mol. The second-order valence-electron chi connectivity index (χ2n) is 8.08. The molecule has 4 rings (SSSR count). The van der Waals surface area contributed by atoms with E-state index in [-0.39, 0.29) is 17.8 Å². The smallest absolute Gasteiger partial charge is 0.331 e. The fraction of sp³-hybridized carbons (Fsp3) is 0.391. The third-order valence-electron chi connectivity index (χ3n) is 5.93. The molecule has 0 spiro atoms. The number of carbonyl (C=O) groups excluding carboxylic acids is 3. The summed E-state index contributed by atoms with van der Waals surface area (Å²) in [5.41, 5.74) is 4.66. The third-order valence-corrected chi connectivity index (χ3v) is 5.93. The Morgan fingerprint density at radius 3 is 2.26 bits per heavy atom. The molecule has 2 aliphatic heterocycles. The molecule has 0 saturated carbocycles. The average Bonchev–Trinajstić information content (AvgIpc) is 3.15. The quantitative estimate of drug-likeness (QED) is 0.761. The zero-order chi connectivity index (χ0) is 22.1. The molecule has 2 fully saturated rings. The highest BCUT2D eigenvalue weighted by atomic mass is 16.2. The van der Waals surface area contributed by atoms with Crippen molar-refractivity contribution in [3.8, 4) is 0 Å². The number of hydrogen-bond acceptors (Lipinski definition) is 5. The van der Waals surface area contributed by atoms with Crippen LogP contribution in [0.2, 0.25) is 0 Å². The molecule has 8 nitrogen and oxygen atoms in total. The molecule has 31 heavy (non-hydrogen) atoms. The normalized spacial score (nSPS) is 16.8. The van der Waals surface area contributed by atoms with Crippen LogP contribution in [-0.2, 0) is 4.79 Å². The number of pyridine rings is 1. The number of anilines is 2. The van der Waals surface area contributed by atoms with E-state index in [1.807, 2.05) is 4.90 Å². The van der Waals surface area contributed by atoms with Gasteiger partial charge >= 0.3 is 6.03 Å². The summed E-state index contributed by atoms with van der Waals surface area (Å²) in [5.74, 6) is -0.378. The van der Waals surface area contributed by atoms with Crippen LogP contribution in [0.5, 0.6) is 0 Å². The number of rotatable bonds is 3. The van der Waals surface area contributed by atoms with Gasteiger partial charge in [0.05, 0.1) is 11.9 Å². The van der Waals surface area contributed by atoms with Gasteiger partial charge in [0.2, 0.25) is 5.91 Å². The van der Waals surface area contributed by atoms with E-state index in [0.717, 1.165) is 13.1 Å². The number of imide groups is 1. The Kier molecular flexibility index (Phi) is 5.63. The number of piperazine rings is 1. The molecule has 0 unspecified atom stereocenters. The van der Waals surface area contributed by atoms with Crippen LogP contribution in [0.15, 0.2) is 36.5 Å². The molecule has 3 heterocycles. The molecule has 2 aliphatic rings. The van der Waals surface area contributed by atoms with Crippen molar-refractivity contribution >= 4 is 29.2 Å². The minimum atomic E-state index is -0.351. The maximum absolute atomic E-state index is 12.9. The summed E-state index contributed by atoms with van der Waals surface area (Å²) in [6.45, 7) is 9.18. The third kappa shape index (κ3) is 4.10. The van der Waals surface area contributed by atoms with E-state index in [1.54, 1.807) is 12.1 Å². The van der Waals surface area contributed by atoms with Gasteiger partial charge in [-0.25, -0.2) is 9.78 Å². The molecule has 1 aromatic carbocycles. The van der Waals surface area contributed by atoms with Gasteiger partial charge in [0.25, 0.3) is 5.91 Å². The van der Waals surface area contributed by atoms with E-state index < -0.39 is 0 Å². The van der Waals surface area contributed by atoms with Crippen molar-refractivity contribution < 1.29 is 14.4 Å². The van der Waals surface area contributed by atoms with Crippen LogP contribution < -0.4 is 9.80 Å². The minimum Gasteiger partial charge on any atom is -0.368 e. The summed E-state index contributed by atoms with van der Waals surface area (Å²) >= 11 is 0. The van der Waals surface area contributed by atoms with Gasteiger partial charge in [-0.1, -0.05) is 17.7 Å². The highest BCUT2D eigenvalue weighted by Crippen LogP contribution is 2.23. The standard InChI is InChI=1S/C23H27N5O3/c1-16-4-7-21(17(2)14-16)25-8-10-26(11-9-25)22(30)20-6-5-19(15-24-20)28-13-12-27(18(3)29)23(28)31/h4-7,14-15H,8-13H2,1-3H3. The Labute approximate surface area is 182 Å². The molecular weight excluding hydrogens is 394 g/mol. The van der Waals surface area contributed by atoms with Crippen LogP contribution in [0, 0.1) is 13.8 Å². The number of nitrogens with zero attached hydrogens (tertiary/aromatic N) is 5. The van der Waals surface area contributed by atoms with Gasteiger partial charge < -0.3 is 9.80 Å². The molecular formula is C23H27N5O3. The van der Waals surface area contributed by atoms with E-state index in [0.29, 0.717) is 37.6 Å². The zero-order valence-electron chi connectivity index (χ0n) is 18.2. The van der Waals surface area contributed by atoms with Crippen LogP contribution in [0.4, 0.5) is 16.2 Å². The van der Waals surface area contributed by atoms with E-state index >= 15 is 0 Å². The second-order valence-corrected chi connectivity index (χ2v) is 8.08. The van der Waals surface area contributed by atoms with Crippen molar-refractivity contribution in [1.82, 2.24) is 14.8 Å². The summed E-state index contributed by atoms with van der Waals surface area (Å²) in [5, 5.41) is 0. The lowest BCUT2D eigenvalue weighted by Gasteiger charge is -2.36. The first kappa shape index (κ1) is 20.8. The van der Waals surface area contributed by atoms with Crippen LogP contribution in [0.3, 0.4) is 0 Å². The van der Waals surface area contributed by atoms with E-state index in [9.17, 15) is 14.4 Å². The molecule has 4 amide bonds. The molecule has 0 bridgehead atoms. The fourth-order valence-corrected chi connectivity index (χ4v) is 4.21. The molecule has 8 heteroatoms. The first-order valence-corrected chi connectivity index (χ1v) is 10.5. The molecule has 0 atom stereocenters. The number of hydrogen-bond donors (Lipinski definition) is 0. The maximum atomic E-state index is 12.9. The summed E-state index contributed by atoms with van der Waals surface area (Å²) < 4.78 is 0. The lowest BCUT2D eigenvalue weighted by atomic mass is 10.1. The number of aryl methyl sites for hydroxylation is 2. The molecule has 162 valence electrons. The predicted molar refractivity (Wildman–Crippen MR) is 118 cm³/mol. The Hall–Kier alpha value is -3.42. The lowest BCUT2D eigenvalue weighted by Crippen LogP contribution is -2.49. The van der Waals surface area contributed by atoms with Gasteiger partial charge in [0, 0.05) is 51.9 Å². The average molecular weight is 422 g/mol. The van der Waals surface area contributed by atoms with Gasteiger partial charge in [-0.3, -0.25) is 19.4 Å². The lowest BCUT2D eigenvalue weighted by molar-refractivity contribution is -0.125. The summed E-state index contributed by atoms with van der Waals surface area (Å²) in [4.78, 5) is 47.9. The van der Waals surface area contributed by atoms with Crippen molar-refractivity contribution in [2.45, 2.75) is 20.8 Å². The first-order valence-electron chi connectivity index (χ1n) is 10.5. The Bertz CT molecular complexity index is 1010. The van der Waals surface area contributed by atoms with Crippen molar-refractivity contribution in [2.24, 2.45) is 0 Å². The van der Waals surface area contributed by atoms with Crippen molar-refractivity contribution in [2.75, 3.05) is 49.1 Å². The number of aromatic nitrogens is 1. The molecule has 0 radical (unpaired) electrons. The minimum absolute atomic E-state index is 0.107. The second kappa shape index (κ2) is 8.37. The number of amides is 4. The number of urea groups is 1. The van der Waals surface area contributed by atoms with Gasteiger partial charge in [-0.2, -0.15) is 0 Å². The van der Waals surface area contributed by atoms with Crippen molar-refractivity contribution in [1.29, 1.82) is 0 Å². The largest absolute Gasteiger partial charge is 0.368 e. The molecule has 0 aliphatic carbocycles. The predicted octanol–water partition coefficient (Wildman–Crippen LogP) is 2.45. The topological polar surface area (TPSA) is 77.1 Å². The Morgan fingerprint density at radius 1 is 0.935 bits per heavy atom. The maximum Gasteiger partial charge on any atom is 0.331 e. The molecule has 2 saturated heterocycles. The Balaban J connectivity index is 1.38. The molecule has 1 aromatic heterocycles. The van der Waals surface area contributed by atoms with E-state index in [4.69, 9.17) is 0 Å². The number of carbonyl (C=O) groups is 3. The van der Waals surface area contributed by atoms with Gasteiger partial charge in [0.15, 0.2) is 0 Å². The summed E-state index contributed by atoms with van der Waals surface area (Å²) in [6.07, 6.45) is 1.53. The highest BCUT2D eigenvalue weighted by Gasteiger charge is 2.32. The Morgan fingerprint density at radius 2 is 1.68 bits per heavy atom. The van der Waals surface area contributed by atoms with E-state index in [2.05, 4.69) is 41.9 Å².